The van der Waals surface area contributed by atoms with Crippen LogP contribution >= 0.6 is 0 Å². The molecule has 1 amide bonds. The summed E-state index contributed by atoms with van der Waals surface area (Å²) in [6.07, 6.45) is 0. The van der Waals surface area contributed by atoms with E-state index in [1.54, 1.807) is 25.1 Å². The zero-order valence-corrected chi connectivity index (χ0v) is 12.3. The Balaban J connectivity index is 1.90. The molecule has 110 valence electrons. The number of carbonyl (C=O) groups excluding carboxylic acids is 1. The van der Waals surface area contributed by atoms with Crippen LogP contribution in [0.2, 0.25) is 0 Å². The number of benzene rings is 2. The molecule has 0 bridgehead atoms. The number of hydrogen-bond acceptors (Lipinski definition) is 3. The smallest absolute Gasteiger partial charge is 0.251 e. The van der Waals surface area contributed by atoms with Gasteiger partial charge in [-0.1, -0.05) is 24.3 Å². The minimum atomic E-state index is -0.176. The van der Waals surface area contributed by atoms with Crippen molar-refractivity contribution in [2.75, 3.05) is 11.9 Å². The Labute approximate surface area is 124 Å². The minimum Gasteiger partial charge on any atom is -0.508 e. The lowest BCUT2D eigenvalue weighted by Gasteiger charge is -2.16. The molecule has 0 aliphatic rings. The molecule has 2 aromatic carbocycles. The number of nitrogens with one attached hydrogen (secondary N) is 2. The average Bonchev–Trinajstić information content (AvgIpc) is 2.48. The van der Waals surface area contributed by atoms with Crippen molar-refractivity contribution >= 4 is 11.6 Å². The summed E-state index contributed by atoms with van der Waals surface area (Å²) >= 11 is 0. The Kier molecular flexibility index (Phi) is 4.82. The fourth-order valence-corrected chi connectivity index (χ4v) is 2.08. The molecule has 3 N–H and O–H groups in total. The highest BCUT2D eigenvalue weighted by Gasteiger charge is 2.12. The molecule has 4 nitrogen and oxygen atoms in total. The van der Waals surface area contributed by atoms with Crippen molar-refractivity contribution in [3.63, 3.8) is 0 Å². The second-order valence-corrected chi connectivity index (χ2v) is 5.07. The summed E-state index contributed by atoms with van der Waals surface area (Å²) in [5, 5.41) is 15.8. The van der Waals surface area contributed by atoms with Gasteiger partial charge < -0.3 is 15.7 Å². The van der Waals surface area contributed by atoms with Crippen LogP contribution in [0.4, 0.5) is 5.69 Å². The van der Waals surface area contributed by atoms with Crippen molar-refractivity contribution in [1.29, 1.82) is 0 Å². The Hall–Kier alpha value is -2.49. The molecule has 0 aliphatic carbocycles. The van der Waals surface area contributed by atoms with Gasteiger partial charge in [-0.25, -0.2) is 0 Å². The molecule has 21 heavy (non-hydrogen) atoms. The fraction of sp³-hybridized carbons (Fsp3) is 0.235. The second kappa shape index (κ2) is 6.79. The summed E-state index contributed by atoms with van der Waals surface area (Å²) in [5.74, 6) is -0.0387. The standard InChI is InChI=1S/C17H20N2O2/c1-12(19-14-7-4-3-5-8-14)11-18-17(21)15-9-6-10-16(20)13(15)2/h3-10,12,19-20H,11H2,1-2H3,(H,18,21). The summed E-state index contributed by atoms with van der Waals surface area (Å²) in [4.78, 5) is 12.1. The number of hydrogen-bond donors (Lipinski definition) is 3. The van der Waals surface area contributed by atoms with Crippen LogP contribution in [0.15, 0.2) is 48.5 Å². The molecule has 0 fully saturated rings. The molecular weight excluding hydrogens is 264 g/mol. The highest BCUT2D eigenvalue weighted by atomic mass is 16.3. The molecule has 2 aromatic rings. The SMILES string of the molecule is Cc1c(O)cccc1C(=O)NCC(C)Nc1ccccc1. The van der Waals surface area contributed by atoms with Crippen LogP contribution in [0.3, 0.4) is 0 Å². The molecule has 0 saturated heterocycles. The van der Waals surface area contributed by atoms with Crippen molar-refractivity contribution in [3.05, 3.63) is 59.7 Å². The monoisotopic (exact) mass is 284 g/mol. The Morgan fingerprint density at radius 1 is 1.14 bits per heavy atom. The van der Waals surface area contributed by atoms with E-state index >= 15 is 0 Å². The van der Waals surface area contributed by atoms with E-state index in [9.17, 15) is 9.90 Å². The van der Waals surface area contributed by atoms with Crippen molar-refractivity contribution in [1.82, 2.24) is 5.32 Å². The zero-order valence-electron chi connectivity index (χ0n) is 12.3. The van der Waals surface area contributed by atoms with Crippen LogP contribution in [0.1, 0.15) is 22.8 Å². The van der Waals surface area contributed by atoms with Gasteiger partial charge >= 0.3 is 0 Å². The number of rotatable bonds is 5. The van der Waals surface area contributed by atoms with Crippen LogP contribution < -0.4 is 10.6 Å². The number of phenolic OH excluding ortho intramolecular Hbond substituents is 1. The van der Waals surface area contributed by atoms with Crippen LogP contribution in [-0.4, -0.2) is 23.6 Å². The van der Waals surface area contributed by atoms with Gasteiger partial charge in [0, 0.05) is 29.4 Å². The number of phenols is 1. The van der Waals surface area contributed by atoms with Crippen molar-refractivity contribution in [2.24, 2.45) is 0 Å². The molecule has 2 rings (SSSR count). The summed E-state index contributed by atoms with van der Waals surface area (Å²) in [7, 11) is 0. The Morgan fingerprint density at radius 3 is 2.57 bits per heavy atom. The maximum Gasteiger partial charge on any atom is 0.251 e. The van der Waals surface area contributed by atoms with E-state index < -0.39 is 0 Å². The third-order valence-corrected chi connectivity index (χ3v) is 3.31. The molecule has 0 radical (unpaired) electrons. The maximum atomic E-state index is 12.1. The molecule has 0 aliphatic heterocycles. The van der Waals surface area contributed by atoms with Gasteiger partial charge in [0.15, 0.2) is 0 Å². The average molecular weight is 284 g/mol. The van der Waals surface area contributed by atoms with Crippen LogP contribution in [0, 0.1) is 6.92 Å². The molecule has 0 spiro atoms. The predicted molar refractivity (Wildman–Crippen MR) is 84.7 cm³/mol. The lowest BCUT2D eigenvalue weighted by atomic mass is 10.1. The van der Waals surface area contributed by atoms with E-state index in [1.807, 2.05) is 37.3 Å². The first-order valence-corrected chi connectivity index (χ1v) is 6.96. The van der Waals surface area contributed by atoms with Crippen molar-refractivity contribution in [2.45, 2.75) is 19.9 Å². The maximum absolute atomic E-state index is 12.1. The predicted octanol–water partition coefficient (Wildman–Crippen LogP) is 2.93. The molecule has 0 heterocycles. The number of para-hydroxylation sites is 1. The molecule has 0 aromatic heterocycles. The first-order chi connectivity index (χ1) is 10.1. The van der Waals surface area contributed by atoms with Crippen LogP contribution in [-0.2, 0) is 0 Å². The Bertz CT molecular complexity index is 611. The highest BCUT2D eigenvalue weighted by Crippen LogP contribution is 2.19. The number of amides is 1. The second-order valence-electron chi connectivity index (χ2n) is 5.07. The molecule has 1 atom stereocenters. The third kappa shape index (κ3) is 3.99. The fourth-order valence-electron chi connectivity index (χ4n) is 2.08. The summed E-state index contributed by atoms with van der Waals surface area (Å²) < 4.78 is 0. The van der Waals surface area contributed by atoms with E-state index in [0.717, 1.165) is 5.69 Å². The van der Waals surface area contributed by atoms with Crippen molar-refractivity contribution < 1.29 is 9.90 Å². The quantitative estimate of drug-likeness (QED) is 0.791. The number of aromatic hydroxyl groups is 1. The minimum absolute atomic E-state index is 0.106. The summed E-state index contributed by atoms with van der Waals surface area (Å²) in [5.41, 5.74) is 2.12. The normalized spacial score (nSPS) is 11.7. The lowest BCUT2D eigenvalue weighted by molar-refractivity contribution is 0.0951. The van der Waals surface area contributed by atoms with Gasteiger partial charge in [0.1, 0.15) is 5.75 Å². The van der Waals surface area contributed by atoms with E-state index in [0.29, 0.717) is 17.7 Å². The van der Waals surface area contributed by atoms with Crippen molar-refractivity contribution in [3.8, 4) is 5.75 Å². The molecule has 4 heteroatoms. The number of anilines is 1. The summed E-state index contributed by atoms with van der Waals surface area (Å²) in [6, 6.07) is 14.9. The van der Waals surface area contributed by atoms with Gasteiger partial charge in [0.05, 0.1) is 0 Å². The third-order valence-electron chi connectivity index (χ3n) is 3.31. The van der Waals surface area contributed by atoms with E-state index in [1.165, 1.54) is 0 Å². The Morgan fingerprint density at radius 2 is 1.86 bits per heavy atom. The topological polar surface area (TPSA) is 61.4 Å². The lowest BCUT2D eigenvalue weighted by Crippen LogP contribution is -2.34. The van der Waals surface area contributed by atoms with E-state index in [4.69, 9.17) is 0 Å². The van der Waals surface area contributed by atoms with E-state index in [2.05, 4.69) is 10.6 Å². The first-order valence-electron chi connectivity index (χ1n) is 6.96. The van der Waals surface area contributed by atoms with Crippen LogP contribution in [0.5, 0.6) is 5.75 Å². The number of carbonyl (C=O) groups is 1. The van der Waals surface area contributed by atoms with Gasteiger partial charge in [-0.15, -0.1) is 0 Å². The van der Waals surface area contributed by atoms with Gasteiger partial charge in [-0.3, -0.25) is 4.79 Å². The van der Waals surface area contributed by atoms with E-state index in [-0.39, 0.29) is 17.7 Å². The van der Waals surface area contributed by atoms with Gasteiger partial charge in [0.25, 0.3) is 5.91 Å². The van der Waals surface area contributed by atoms with Gasteiger partial charge in [0.2, 0.25) is 0 Å². The zero-order chi connectivity index (χ0) is 15.2. The first kappa shape index (κ1) is 14.9. The molecular formula is C17H20N2O2. The highest BCUT2D eigenvalue weighted by molar-refractivity contribution is 5.96. The van der Waals surface area contributed by atoms with Gasteiger partial charge in [-0.05, 0) is 38.1 Å². The molecule has 1 unspecified atom stereocenters. The molecule has 0 saturated carbocycles. The van der Waals surface area contributed by atoms with Gasteiger partial charge in [-0.2, -0.15) is 0 Å². The summed E-state index contributed by atoms with van der Waals surface area (Å²) in [6.45, 7) is 4.24. The van der Waals surface area contributed by atoms with Crippen LogP contribution in [0.25, 0.3) is 0 Å². The largest absolute Gasteiger partial charge is 0.508 e.